The van der Waals surface area contributed by atoms with Gasteiger partial charge in [-0.3, -0.25) is 4.79 Å². The number of phenolic OH excluding ortho intramolecular Hbond substituents is 3. The first kappa shape index (κ1) is 15.5. The number of methoxy groups -OCH3 is 2. The van der Waals surface area contributed by atoms with Crippen LogP contribution in [0.5, 0.6) is 28.7 Å². The SMILES string of the molecule is COc1ccc(-c2cc(=O)c3c(O)c(O)c(O)c(OC)c3o2)cc1. The van der Waals surface area contributed by atoms with Gasteiger partial charge in [-0.25, -0.2) is 0 Å². The Balaban J connectivity index is 2.33. The molecular formula is C17H14O7. The summed E-state index contributed by atoms with van der Waals surface area (Å²) in [4.78, 5) is 12.4. The lowest BCUT2D eigenvalue weighted by Gasteiger charge is -2.11. The van der Waals surface area contributed by atoms with Gasteiger partial charge >= 0.3 is 0 Å². The van der Waals surface area contributed by atoms with Crippen LogP contribution in [0.25, 0.3) is 22.3 Å². The number of phenols is 3. The van der Waals surface area contributed by atoms with Gasteiger partial charge in [-0.05, 0) is 24.3 Å². The molecule has 124 valence electrons. The molecule has 3 aromatic rings. The molecule has 2 aromatic carbocycles. The lowest BCUT2D eigenvalue weighted by Crippen LogP contribution is -2.02. The number of aromatic hydroxyl groups is 3. The molecule has 1 heterocycles. The molecule has 0 saturated carbocycles. The molecule has 0 aliphatic heterocycles. The fraction of sp³-hybridized carbons (Fsp3) is 0.118. The molecule has 7 heteroatoms. The molecule has 0 aliphatic carbocycles. The maximum absolute atomic E-state index is 12.4. The lowest BCUT2D eigenvalue weighted by atomic mass is 10.1. The molecule has 0 saturated heterocycles. The Kier molecular flexibility index (Phi) is 3.69. The van der Waals surface area contributed by atoms with Gasteiger partial charge in [-0.2, -0.15) is 0 Å². The Labute approximate surface area is 135 Å². The summed E-state index contributed by atoms with van der Waals surface area (Å²) in [5.41, 5.74) is -0.166. The Morgan fingerprint density at radius 3 is 2.17 bits per heavy atom. The van der Waals surface area contributed by atoms with Crippen molar-refractivity contribution in [3.8, 4) is 40.1 Å². The highest BCUT2D eigenvalue weighted by Gasteiger charge is 2.24. The van der Waals surface area contributed by atoms with Crippen molar-refractivity contribution >= 4 is 11.0 Å². The van der Waals surface area contributed by atoms with Crippen LogP contribution >= 0.6 is 0 Å². The minimum absolute atomic E-state index is 0.163. The number of fused-ring (bicyclic) bond motifs is 1. The average Bonchev–Trinajstić information content (AvgIpc) is 2.60. The number of ether oxygens (including phenoxy) is 2. The zero-order valence-corrected chi connectivity index (χ0v) is 12.9. The Hall–Kier alpha value is -3.35. The van der Waals surface area contributed by atoms with Crippen molar-refractivity contribution in [2.45, 2.75) is 0 Å². The quantitative estimate of drug-likeness (QED) is 0.633. The highest BCUT2D eigenvalue weighted by atomic mass is 16.5. The van der Waals surface area contributed by atoms with Gasteiger partial charge in [-0.15, -0.1) is 0 Å². The third-order valence-corrected chi connectivity index (χ3v) is 3.63. The zero-order valence-electron chi connectivity index (χ0n) is 12.9. The second-order valence-corrected chi connectivity index (χ2v) is 4.99. The van der Waals surface area contributed by atoms with Crippen LogP contribution < -0.4 is 14.9 Å². The molecule has 0 fully saturated rings. The van der Waals surface area contributed by atoms with Gasteiger partial charge in [0.05, 0.1) is 14.2 Å². The van der Waals surface area contributed by atoms with Crippen molar-refractivity contribution in [2.75, 3.05) is 14.2 Å². The topological polar surface area (TPSA) is 109 Å². The van der Waals surface area contributed by atoms with Crippen LogP contribution in [-0.4, -0.2) is 29.5 Å². The van der Waals surface area contributed by atoms with Crippen LogP contribution in [-0.2, 0) is 0 Å². The van der Waals surface area contributed by atoms with Gasteiger partial charge in [-0.1, -0.05) is 0 Å². The number of benzene rings is 2. The Bertz CT molecular complexity index is 971. The number of hydrogen-bond donors (Lipinski definition) is 3. The fourth-order valence-electron chi connectivity index (χ4n) is 2.41. The second-order valence-electron chi connectivity index (χ2n) is 4.99. The normalized spacial score (nSPS) is 10.8. The highest BCUT2D eigenvalue weighted by Crippen LogP contribution is 2.48. The molecule has 1 aromatic heterocycles. The Morgan fingerprint density at radius 1 is 0.917 bits per heavy atom. The van der Waals surface area contributed by atoms with Gasteiger partial charge in [0.1, 0.15) is 16.9 Å². The van der Waals surface area contributed by atoms with Gasteiger partial charge in [0, 0.05) is 11.6 Å². The van der Waals surface area contributed by atoms with Crippen molar-refractivity contribution in [1.29, 1.82) is 0 Å². The van der Waals surface area contributed by atoms with Crippen LogP contribution in [0.2, 0.25) is 0 Å². The third kappa shape index (κ3) is 2.26. The molecule has 0 bridgehead atoms. The predicted octanol–water partition coefficient (Wildman–Crippen LogP) is 2.59. The van der Waals surface area contributed by atoms with E-state index in [1.807, 2.05) is 0 Å². The first-order valence-electron chi connectivity index (χ1n) is 6.91. The third-order valence-electron chi connectivity index (χ3n) is 3.63. The summed E-state index contributed by atoms with van der Waals surface area (Å²) in [6.07, 6.45) is 0. The van der Waals surface area contributed by atoms with E-state index in [-0.39, 0.29) is 22.5 Å². The van der Waals surface area contributed by atoms with E-state index in [9.17, 15) is 20.1 Å². The minimum Gasteiger partial charge on any atom is -0.504 e. The van der Waals surface area contributed by atoms with E-state index in [0.29, 0.717) is 11.3 Å². The molecule has 0 radical (unpaired) electrons. The minimum atomic E-state index is -0.844. The average molecular weight is 330 g/mol. The van der Waals surface area contributed by atoms with Crippen molar-refractivity contribution in [1.82, 2.24) is 0 Å². The van der Waals surface area contributed by atoms with Gasteiger partial charge in [0.25, 0.3) is 0 Å². The second kappa shape index (κ2) is 5.69. The molecule has 24 heavy (non-hydrogen) atoms. The summed E-state index contributed by atoms with van der Waals surface area (Å²) < 4.78 is 15.7. The number of rotatable bonds is 3. The van der Waals surface area contributed by atoms with Crippen LogP contribution in [0.3, 0.4) is 0 Å². The van der Waals surface area contributed by atoms with Gasteiger partial charge in [0.15, 0.2) is 16.8 Å². The molecule has 0 spiro atoms. The van der Waals surface area contributed by atoms with Crippen molar-refractivity contribution in [3.63, 3.8) is 0 Å². The van der Waals surface area contributed by atoms with Crippen molar-refractivity contribution < 1.29 is 29.2 Å². The van der Waals surface area contributed by atoms with Crippen LogP contribution in [0.4, 0.5) is 0 Å². The summed E-state index contributed by atoms with van der Waals surface area (Å²) in [6.45, 7) is 0. The molecule has 0 unspecified atom stereocenters. The van der Waals surface area contributed by atoms with Crippen LogP contribution in [0.15, 0.2) is 39.5 Å². The summed E-state index contributed by atoms with van der Waals surface area (Å²) in [7, 11) is 2.78. The lowest BCUT2D eigenvalue weighted by molar-refractivity contribution is 0.336. The molecule has 0 atom stereocenters. The predicted molar refractivity (Wildman–Crippen MR) is 86.0 cm³/mol. The van der Waals surface area contributed by atoms with E-state index in [4.69, 9.17) is 13.9 Å². The van der Waals surface area contributed by atoms with Gasteiger partial charge < -0.3 is 29.2 Å². The summed E-state index contributed by atoms with van der Waals surface area (Å²) in [5.74, 6) is -1.72. The first-order valence-corrected chi connectivity index (χ1v) is 6.91. The standard InChI is InChI=1S/C17H14O7/c1-22-9-5-3-8(4-6-9)11-7-10(18)12-13(19)14(20)15(21)17(23-2)16(12)24-11/h3-7,19-21H,1-2H3. The maximum Gasteiger partial charge on any atom is 0.208 e. The van der Waals surface area contributed by atoms with E-state index >= 15 is 0 Å². The Morgan fingerprint density at radius 2 is 1.58 bits per heavy atom. The van der Waals surface area contributed by atoms with E-state index in [0.717, 1.165) is 0 Å². The van der Waals surface area contributed by atoms with E-state index in [1.165, 1.54) is 20.3 Å². The fourth-order valence-corrected chi connectivity index (χ4v) is 2.41. The molecule has 0 aliphatic rings. The largest absolute Gasteiger partial charge is 0.504 e. The monoisotopic (exact) mass is 330 g/mol. The maximum atomic E-state index is 12.4. The molecule has 0 amide bonds. The zero-order chi connectivity index (χ0) is 17.4. The van der Waals surface area contributed by atoms with Crippen molar-refractivity contribution in [2.24, 2.45) is 0 Å². The first-order chi connectivity index (χ1) is 11.5. The molecule has 3 rings (SSSR count). The summed E-state index contributed by atoms with van der Waals surface area (Å²) in [6, 6.07) is 7.95. The molecular weight excluding hydrogens is 316 g/mol. The highest BCUT2D eigenvalue weighted by molar-refractivity contribution is 5.94. The van der Waals surface area contributed by atoms with Crippen LogP contribution in [0.1, 0.15) is 0 Å². The van der Waals surface area contributed by atoms with Gasteiger partial charge in [0.2, 0.25) is 17.2 Å². The van der Waals surface area contributed by atoms with Crippen molar-refractivity contribution in [3.05, 3.63) is 40.6 Å². The van der Waals surface area contributed by atoms with Crippen LogP contribution in [0, 0.1) is 0 Å². The molecule has 7 nitrogen and oxygen atoms in total. The summed E-state index contributed by atoms with van der Waals surface area (Å²) >= 11 is 0. The number of hydrogen-bond acceptors (Lipinski definition) is 7. The van der Waals surface area contributed by atoms with E-state index in [1.54, 1.807) is 24.3 Å². The van der Waals surface area contributed by atoms with E-state index < -0.39 is 22.7 Å². The molecule has 3 N–H and O–H groups in total. The van der Waals surface area contributed by atoms with E-state index in [2.05, 4.69) is 0 Å². The smallest absolute Gasteiger partial charge is 0.208 e. The summed E-state index contributed by atoms with van der Waals surface area (Å²) in [5, 5.41) is 29.2.